The molecular weight excluding hydrogens is 671 g/mol. The second kappa shape index (κ2) is 16.2. The third-order valence-corrected chi connectivity index (χ3v) is 8.17. The molecule has 5 rings (SSSR count). The molecule has 0 aliphatic carbocycles. The number of rotatable bonds is 6. The first kappa shape index (κ1) is 32.2. The molecule has 2 fully saturated rings. The lowest BCUT2D eigenvalue weighted by atomic mass is 10.0. The van der Waals surface area contributed by atoms with Crippen LogP contribution in [-0.4, -0.2) is 57.5 Å². The molecule has 3 aromatic carbocycles. The van der Waals surface area contributed by atoms with Crippen LogP contribution in [0.5, 0.6) is 0 Å². The minimum Gasteiger partial charge on any atom is -0.445 e. The molecule has 0 saturated carbocycles. The zero-order chi connectivity index (χ0) is 30.6. The molecule has 2 amide bonds. The van der Waals surface area contributed by atoms with Gasteiger partial charge in [0, 0.05) is 50.3 Å². The Balaban J connectivity index is 0.000000208. The third kappa shape index (κ3) is 10.2. The Morgan fingerprint density at radius 3 is 1.95 bits per heavy atom. The van der Waals surface area contributed by atoms with E-state index in [1.807, 2.05) is 60.7 Å². The molecule has 0 radical (unpaired) electrons. The van der Waals surface area contributed by atoms with E-state index >= 15 is 0 Å². The smallest absolute Gasteiger partial charge is 0.410 e. The van der Waals surface area contributed by atoms with Gasteiger partial charge in [-0.05, 0) is 36.1 Å². The summed E-state index contributed by atoms with van der Waals surface area (Å²) in [5.41, 5.74) is 2.46. The Morgan fingerprint density at radius 1 is 0.814 bits per heavy atom. The van der Waals surface area contributed by atoms with Gasteiger partial charge in [0.15, 0.2) is 11.6 Å². The van der Waals surface area contributed by atoms with Crippen molar-refractivity contribution in [1.82, 2.24) is 9.80 Å². The maximum atomic E-state index is 13.2. The normalized spacial score (nSPS) is 17.0. The predicted octanol–water partition coefficient (Wildman–Crippen LogP) is 6.93. The molecule has 11 heteroatoms. The van der Waals surface area contributed by atoms with Crippen molar-refractivity contribution in [1.29, 1.82) is 0 Å². The number of hydrogen-bond donors (Lipinski definition) is 1. The summed E-state index contributed by atoms with van der Waals surface area (Å²) < 4.78 is 36.7. The first-order valence-corrected chi connectivity index (χ1v) is 15.3. The molecule has 1 atom stereocenters. The Bertz CT molecular complexity index is 1360. The molecule has 2 saturated heterocycles. The van der Waals surface area contributed by atoms with Gasteiger partial charge >= 0.3 is 12.2 Å². The largest absolute Gasteiger partial charge is 0.445 e. The van der Waals surface area contributed by atoms with Crippen LogP contribution in [0, 0.1) is 11.6 Å². The highest BCUT2D eigenvalue weighted by atomic mass is 127. The lowest BCUT2D eigenvalue weighted by Gasteiger charge is -2.32. The molecule has 228 valence electrons. The molecule has 0 spiro atoms. The summed E-state index contributed by atoms with van der Waals surface area (Å²) in [4.78, 5) is 38.5. The predicted molar refractivity (Wildman–Crippen MR) is 167 cm³/mol. The number of ketones is 1. The van der Waals surface area contributed by atoms with E-state index in [4.69, 9.17) is 9.47 Å². The summed E-state index contributed by atoms with van der Waals surface area (Å²) in [6.45, 7) is 2.12. The van der Waals surface area contributed by atoms with E-state index in [9.17, 15) is 23.2 Å². The standard InChI is InChI=1S/C19H20F2N2O2.C13H14INO3/c20-17-7-6-16(12-18(17)21)22-15-8-10-23(11-9-15)19(24)25-13-14-4-2-1-3-5-14;14-12-8-11(16)6-7-15(12)13(17)18-9-10-4-2-1-3-5-10/h1-7,12,15,22H,8-11,13H2;1-5,12H,6-9H2. The van der Waals surface area contributed by atoms with Gasteiger partial charge in [0.1, 0.15) is 19.0 Å². The number of carbonyl (C=O) groups is 3. The Morgan fingerprint density at radius 2 is 1.40 bits per heavy atom. The molecule has 8 nitrogen and oxygen atoms in total. The summed E-state index contributed by atoms with van der Waals surface area (Å²) in [5.74, 6) is -1.52. The zero-order valence-corrected chi connectivity index (χ0v) is 25.8. The minimum atomic E-state index is -0.869. The number of hydrogen-bond acceptors (Lipinski definition) is 6. The van der Waals surface area contributed by atoms with Gasteiger partial charge in [-0.25, -0.2) is 18.4 Å². The highest BCUT2D eigenvalue weighted by Gasteiger charge is 2.29. The maximum Gasteiger partial charge on any atom is 0.410 e. The van der Waals surface area contributed by atoms with E-state index in [-0.39, 0.29) is 41.3 Å². The number of anilines is 1. The van der Waals surface area contributed by atoms with Gasteiger partial charge in [0.25, 0.3) is 0 Å². The van der Waals surface area contributed by atoms with Crippen LogP contribution in [-0.2, 0) is 27.5 Å². The molecular formula is C32H34F2IN3O5. The van der Waals surface area contributed by atoms with Crippen molar-refractivity contribution in [2.45, 2.75) is 49.0 Å². The highest BCUT2D eigenvalue weighted by Crippen LogP contribution is 2.22. The molecule has 3 aromatic rings. The van der Waals surface area contributed by atoms with Gasteiger partial charge in [-0.2, -0.15) is 0 Å². The van der Waals surface area contributed by atoms with E-state index in [0.29, 0.717) is 38.2 Å². The van der Waals surface area contributed by atoms with Crippen LogP contribution in [0.2, 0.25) is 0 Å². The summed E-state index contributed by atoms with van der Waals surface area (Å²) in [5, 5.41) is 3.18. The molecule has 0 bridgehead atoms. The summed E-state index contributed by atoms with van der Waals surface area (Å²) >= 11 is 2.11. The van der Waals surface area contributed by atoms with Crippen molar-refractivity contribution in [3.05, 3.63) is 102 Å². The van der Waals surface area contributed by atoms with E-state index in [1.165, 1.54) is 6.07 Å². The van der Waals surface area contributed by atoms with Gasteiger partial charge in [-0.1, -0.05) is 83.3 Å². The number of halogens is 3. The third-order valence-electron chi connectivity index (χ3n) is 7.05. The Kier molecular flexibility index (Phi) is 12.1. The second-order valence-corrected chi connectivity index (χ2v) is 11.7. The number of Topliss-reactive ketones (excluding diaryl/α,β-unsaturated/α-hetero) is 1. The van der Waals surface area contributed by atoms with Crippen LogP contribution in [0.15, 0.2) is 78.9 Å². The number of amides is 2. The number of nitrogens with zero attached hydrogens (tertiary/aromatic N) is 2. The van der Waals surface area contributed by atoms with Crippen molar-refractivity contribution in [2.24, 2.45) is 0 Å². The van der Waals surface area contributed by atoms with Crippen LogP contribution in [0.3, 0.4) is 0 Å². The van der Waals surface area contributed by atoms with E-state index in [0.717, 1.165) is 36.1 Å². The Hall–Kier alpha value is -3.74. The SMILES string of the molecule is O=C(OCc1ccccc1)N1CCC(Nc2ccc(F)c(F)c2)CC1.O=C1CCN(C(=O)OCc2ccccc2)C(I)C1. The van der Waals surface area contributed by atoms with Gasteiger partial charge in [-0.3, -0.25) is 9.69 Å². The molecule has 2 heterocycles. The first-order chi connectivity index (χ1) is 20.8. The number of alkyl halides is 1. The van der Waals surface area contributed by atoms with E-state index in [2.05, 4.69) is 27.9 Å². The summed E-state index contributed by atoms with van der Waals surface area (Å²) in [7, 11) is 0. The van der Waals surface area contributed by atoms with Crippen molar-refractivity contribution >= 4 is 46.2 Å². The molecule has 2 aliphatic heterocycles. The summed E-state index contributed by atoms with van der Waals surface area (Å²) in [6, 6.07) is 23.0. The number of likely N-dealkylation sites (tertiary alicyclic amines) is 2. The lowest BCUT2D eigenvalue weighted by molar-refractivity contribution is -0.121. The topological polar surface area (TPSA) is 88.2 Å². The fourth-order valence-electron chi connectivity index (χ4n) is 4.63. The molecule has 0 aromatic heterocycles. The number of benzene rings is 3. The van der Waals surface area contributed by atoms with Gasteiger partial charge in [0.05, 0.1) is 4.05 Å². The van der Waals surface area contributed by atoms with E-state index < -0.39 is 11.6 Å². The molecule has 1 N–H and O–H groups in total. The zero-order valence-electron chi connectivity index (χ0n) is 23.6. The minimum absolute atomic E-state index is 0.0906. The monoisotopic (exact) mass is 705 g/mol. The number of piperidine rings is 2. The fourth-order valence-corrected chi connectivity index (χ4v) is 5.63. The highest BCUT2D eigenvalue weighted by molar-refractivity contribution is 14.1. The second-order valence-electron chi connectivity index (χ2n) is 10.2. The number of nitrogens with one attached hydrogen (secondary N) is 1. The van der Waals surface area contributed by atoms with Crippen LogP contribution in [0.4, 0.5) is 24.1 Å². The molecule has 1 unspecified atom stereocenters. The average Bonchev–Trinajstić information content (AvgIpc) is 3.02. The first-order valence-electron chi connectivity index (χ1n) is 14.1. The fraction of sp³-hybridized carbons (Fsp3) is 0.344. The lowest BCUT2D eigenvalue weighted by Crippen LogP contribution is -2.43. The van der Waals surface area contributed by atoms with Gasteiger partial charge in [-0.15, -0.1) is 0 Å². The van der Waals surface area contributed by atoms with Crippen molar-refractivity contribution in [3.63, 3.8) is 0 Å². The van der Waals surface area contributed by atoms with Gasteiger partial charge in [0.2, 0.25) is 0 Å². The van der Waals surface area contributed by atoms with Crippen molar-refractivity contribution in [2.75, 3.05) is 25.0 Å². The van der Waals surface area contributed by atoms with Gasteiger partial charge < -0.3 is 19.7 Å². The number of ether oxygens (including phenoxy) is 2. The van der Waals surface area contributed by atoms with Crippen LogP contribution in [0.1, 0.15) is 36.8 Å². The van der Waals surface area contributed by atoms with Crippen molar-refractivity contribution < 1.29 is 32.6 Å². The van der Waals surface area contributed by atoms with E-state index in [1.54, 1.807) is 9.80 Å². The quantitative estimate of drug-likeness (QED) is 0.170. The Labute approximate surface area is 263 Å². The maximum absolute atomic E-state index is 13.2. The van der Waals surface area contributed by atoms with Crippen LogP contribution in [0.25, 0.3) is 0 Å². The van der Waals surface area contributed by atoms with Crippen LogP contribution >= 0.6 is 22.6 Å². The average molecular weight is 706 g/mol. The number of carbonyl (C=O) groups excluding carboxylic acids is 3. The van der Waals surface area contributed by atoms with Crippen molar-refractivity contribution in [3.8, 4) is 0 Å². The van der Waals surface area contributed by atoms with Crippen LogP contribution < -0.4 is 5.32 Å². The molecule has 43 heavy (non-hydrogen) atoms. The molecule has 2 aliphatic rings. The summed E-state index contributed by atoms with van der Waals surface area (Å²) in [6.07, 6.45) is 1.63.